The number of carbonyl (C=O) groups excluding carboxylic acids is 1. The van der Waals surface area contributed by atoms with Gasteiger partial charge in [0.25, 0.3) is 0 Å². The zero-order chi connectivity index (χ0) is 15.4. The fraction of sp³-hybridized carbons (Fsp3) is 0.562. The molecule has 1 saturated heterocycles. The lowest BCUT2D eigenvalue weighted by Gasteiger charge is -2.31. The molecule has 2 rings (SSSR count). The van der Waals surface area contributed by atoms with Crippen LogP contribution in [0.3, 0.4) is 0 Å². The second kappa shape index (κ2) is 7.18. The van der Waals surface area contributed by atoms with Crippen LogP contribution in [0.25, 0.3) is 0 Å². The lowest BCUT2D eigenvalue weighted by Crippen LogP contribution is -2.42. The standard InChI is InChI=1S/C16H24N2O2S/c1-12(13-6-8-15(9-7-13)21(3)20)18(2)16(19)14-5-4-10-17-11-14/h6-9,12,14,17H,4-5,10-11H2,1-3H3. The van der Waals surface area contributed by atoms with Gasteiger partial charge in [-0.3, -0.25) is 9.00 Å². The highest BCUT2D eigenvalue weighted by Gasteiger charge is 2.26. The number of rotatable bonds is 4. The maximum atomic E-state index is 12.5. The molecule has 3 atom stereocenters. The average Bonchev–Trinajstić information content (AvgIpc) is 2.53. The van der Waals surface area contributed by atoms with E-state index in [4.69, 9.17) is 0 Å². The summed E-state index contributed by atoms with van der Waals surface area (Å²) in [7, 11) is 0.906. The van der Waals surface area contributed by atoms with Crippen LogP contribution in [0, 0.1) is 5.92 Å². The van der Waals surface area contributed by atoms with E-state index in [0.29, 0.717) is 0 Å². The van der Waals surface area contributed by atoms with Crippen molar-refractivity contribution < 1.29 is 9.00 Å². The van der Waals surface area contributed by atoms with Crippen molar-refractivity contribution in [1.29, 1.82) is 0 Å². The van der Waals surface area contributed by atoms with Crippen molar-refractivity contribution in [3.05, 3.63) is 29.8 Å². The van der Waals surface area contributed by atoms with Crippen LogP contribution >= 0.6 is 0 Å². The molecular formula is C16H24N2O2S. The quantitative estimate of drug-likeness (QED) is 0.925. The van der Waals surface area contributed by atoms with Gasteiger partial charge >= 0.3 is 0 Å². The van der Waals surface area contributed by atoms with E-state index in [1.54, 1.807) is 6.26 Å². The predicted molar refractivity (Wildman–Crippen MR) is 85.6 cm³/mol. The second-order valence-electron chi connectivity index (χ2n) is 5.69. The first-order valence-electron chi connectivity index (χ1n) is 7.41. The first-order chi connectivity index (χ1) is 10.0. The van der Waals surface area contributed by atoms with Crippen LogP contribution in [-0.4, -0.2) is 41.4 Å². The topological polar surface area (TPSA) is 49.4 Å². The smallest absolute Gasteiger partial charge is 0.227 e. The van der Waals surface area contributed by atoms with Crippen LogP contribution in [0.5, 0.6) is 0 Å². The molecule has 1 aliphatic heterocycles. The Kier molecular flexibility index (Phi) is 5.53. The first kappa shape index (κ1) is 16.2. The van der Waals surface area contributed by atoms with Gasteiger partial charge in [-0.15, -0.1) is 0 Å². The summed E-state index contributed by atoms with van der Waals surface area (Å²) >= 11 is 0. The number of benzene rings is 1. The summed E-state index contributed by atoms with van der Waals surface area (Å²) in [5.41, 5.74) is 1.07. The van der Waals surface area contributed by atoms with Gasteiger partial charge in [0.05, 0.1) is 12.0 Å². The van der Waals surface area contributed by atoms with E-state index in [9.17, 15) is 9.00 Å². The fourth-order valence-corrected chi connectivity index (χ4v) is 3.22. The molecule has 4 nitrogen and oxygen atoms in total. The molecule has 0 bridgehead atoms. The Labute approximate surface area is 129 Å². The van der Waals surface area contributed by atoms with Crippen LogP contribution < -0.4 is 5.32 Å². The largest absolute Gasteiger partial charge is 0.339 e. The van der Waals surface area contributed by atoms with Crippen molar-refractivity contribution in [3.8, 4) is 0 Å². The van der Waals surface area contributed by atoms with Crippen LogP contribution in [-0.2, 0) is 15.6 Å². The van der Waals surface area contributed by atoms with Crippen LogP contribution in [0.15, 0.2) is 29.2 Å². The summed E-state index contributed by atoms with van der Waals surface area (Å²) in [6, 6.07) is 7.71. The lowest BCUT2D eigenvalue weighted by molar-refractivity contribution is -0.136. The summed E-state index contributed by atoms with van der Waals surface area (Å²) in [6.45, 7) is 3.83. The zero-order valence-electron chi connectivity index (χ0n) is 13.0. The van der Waals surface area contributed by atoms with Gasteiger partial charge in [0.15, 0.2) is 0 Å². The van der Waals surface area contributed by atoms with E-state index in [2.05, 4.69) is 5.32 Å². The Morgan fingerprint density at radius 2 is 2.05 bits per heavy atom. The summed E-state index contributed by atoms with van der Waals surface area (Å²) in [5, 5.41) is 3.29. The summed E-state index contributed by atoms with van der Waals surface area (Å²) in [5.74, 6) is 0.298. The third kappa shape index (κ3) is 3.92. The number of nitrogens with zero attached hydrogens (tertiary/aromatic N) is 1. The van der Waals surface area contributed by atoms with Crippen molar-refractivity contribution in [1.82, 2.24) is 10.2 Å². The number of hydrogen-bond donors (Lipinski definition) is 1. The number of carbonyl (C=O) groups is 1. The molecule has 1 heterocycles. The maximum absolute atomic E-state index is 12.5. The molecule has 0 spiro atoms. The molecule has 1 fully saturated rings. The molecule has 1 N–H and O–H groups in total. The Bertz CT molecular complexity index is 510. The number of hydrogen-bond acceptors (Lipinski definition) is 3. The summed E-state index contributed by atoms with van der Waals surface area (Å²) in [6.07, 6.45) is 3.70. The van der Waals surface area contributed by atoms with Gasteiger partial charge in [0.1, 0.15) is 0 Å². The molecule has 0 aliphatic carbocycles. The number of nitrogens with one attached hydrogen (secondary N) is 1. The minimum absolute atomic E-state index is 0.0266. The number of amides is 1. The van der Waals surface area contributed by atoms with E-state index < -0.39 is 10.8 Å². The fourth-order valence-electron chi connectivity index (χ4n) is 2.70. The number of piperidine rings is 1. The van der Waals surface area contributed by atoms with Crippen LogP contribution in [0.1, 0.15) is 31.4 Å². The van der Waals surface area contributed by atoms with Gasteiger partial charge in [0.2, 0.25) is 5.91 Å². The van der Waals surface area contributed by atoms with Crippen molar-refractivity contribution in [2.45, 2.75) is 30.7 Å². The molecule has 5 heteroatoms. The van der Waals surface area contributed by atoms with E-state index in [-0.39, 0.29) is 17.9 Å². The van der Waals surface area contributed by atoms with Crippen LogP contribution in [0.2, 0.25) is 0 Å². The van der Waals surface area contributed by atoms with E-state index >= 15 is 0 Å². The molecule has 1 amide bonds. The van der Waals surface area contributed by atoms with Crippen molar-refractivity contribution in [2.24, 2.45) is 5.92 Å². The molecular weight excluding hydrogens is 284 g/mol. The minimum atomic E-state index is -0.963. The highest BCUT2D eigenvalue weighted by atomic mass is 32.2. The SMILES string of the molecule is CC(c1ccc(S(C)=O)cc1)N(C)C(=O)C1CCCNC1. The second-order valence-corrected chi connectivity index (χ2v) is 7.07. The Hall–Kier alpha value is -1.20. The Morgan fingerprint density at radius 3 is 2.57 bits per heavy atom. The van der Waals surface area contributed by atoms with Gasteiger partial charge in [-0.25, -0.2) is 0 Å². The predicted octanol–water partition coefficient (Wildman–Crippen LogP) is 1.94. The summed E-state index contributed by atoms with van der Waals surface area (Å²) in [4.78, 5) is 15.2. The monoisotopic (exact) mass is 308 g/mol. The third-order valence-corrected chi connectivity index (χ3v) is 5.21. The van der Waals surface area contributed by atoms with Crippen molar-refractivity contribution in [2.75, 3.05) is 26.4 Å². The lowest BCUT2D eigenvalue weighted by atomic mass is 9.97. The molecule has 0 aromatic heterocycles. The molecule has 0 saturated carbocycles. The molecule has 116 valence electrons. The van der Waals surface area contributed by atoms with Crippen molar-refractivity contribution in [3.63, 3.8) is 0 Å². The molecule has 3 unspecified atom stereocenters. The molecule has 1 aliphatic rings. The molecule has 21 heavy (non-hydrogen) atoms. The molecule has 0 radical (unpaired) electrons. The normalized spacial score (nSPS) is 21.6. The van der Waals surface area contributed by atoms with Gasteiger partial charge in [0, 0.05) is 35.5 Å². The average molecular weight is 308 g/mol. The maximum Gasteiger partial charge on any atom is 0.227 e. The summed E-state index contributed by atoms with van der Waals surface area (Å²) < 4.78 is 11.4. The molecule has 1 aromatic rings. The van der Waals surface area contributed by atoms with Gasteiger partial charge in [-0.1, -0.05) is 12.1 Å². The van der Waals surface area contributed by atoms with E-state index in [1.807, 2.05) is 43.1 Å². The van der Waals surface area contributed by atoms with Gasteiger partial charge in [-0.05, 0) is 44.0 Å². The van der Waals surface area contributed by atoms with Gasteiger partial charge in [-0.2, -0.15) is 0 Å². The highest BCUT2D eigenvalue weighted by Crippen LogP contribution is 2.23. The third-order valence-electron chi connectivity index (χ3n) is 4.27. The zero-order valence-corrected chi connectivity index (χ0v) is 13.8. The van der Waals surface area contributed by atoms with Crippen LogP contribution in [0.4, 0.5) is 0 Å². The first-order valence-corrected chi connectivity index (χ1v) is 8.97. The minimum Gasteiger partial charge on any atom is -0.339 e. The Morgan fingerprint density at radius 1 is 1.38 bits per heavy atom. The highest BCUT2D eigenvalue weighted by molar-refractivity contribution is 7.84. The van der Waals surface area contributed by atoms with E-state index in [1.165, 1.54) is 0 Å². The van der Waals surface area contributed by atoms with E-state index in [0.717, 1.165) is 36.4 Å². The van der Waals surface area contributed by atoms with Crippen molar-refractivity contribution >= 4 is 16.7 Å². The molecule has 1 aromatic carbocycles. The Balaban J connectivity index is 2.05. The van der Waals surface area contributed by atoms with Gasteiger partial charge < -0.3 is 10.2 Å².